The fourth-order valence-electron chi connectivity index (χ4n) is 2.16. The topological polar surface area (TPSA) is 47.6 Å². The van der Waals surface area contributed by atoms with Gasteiger partial charge in [0.05, 0.1) is 13.7 Å². The Balaban J connectivity index is 1.89. The first-order valence-electron chi connectivity index (χ1n) is 7.38. The number of methoxy groups -OCH3 is 2. The molecule has 0 saturated heterocycles. The average molecular weight is 311 g/mol. The summed E-state index contributed by atoms with van der Waals surface area (Å²) in [7, 11) is 3.28. The number of hydrogen-bond donors (Lipinski definition) is 1. The third-order valence-corrected chi connectivity index (χ3v) is 3.29. The first-order chi connectivity index (χ1) is 11.2. The molecule has 0 radical (unpaired) electrons. The van der Waals surface area contributed by atoms with Crippen LogP contribution in [0.3, 0.4) is 0 Å². The van der Waals surface area contributed by atoms with E-state index >= 15 is 0 Å². The lowest BCUT2D eigenvalue weighted by atomic mass is 10.1. The zero-order valence-corrected chi connectivity index (χ0v) is 13.4. The number of amides is 1. The van der Waals surface area contributed by atoms with Gasteiger partial charge in [-0.25, -0.2) is 0 Å². The van der Waals surface area contributed by atoms with Crippen molar-refractivity contribution in [2.45, 2.75) is 13.2 Å². The van der Waals surface area contributed by atoms with Gasteiger partial charge < -0.3 is 14.8 Å². The van der Waals surface area contributed by atoms with Crippen molar-refractivity contribution < 1.29 is 14.3 Å². The van der Waals surface area contributed by atoms with E-state index in [0.29, 0.717) is 13.2 Å². The van der Waals surface area contributed by atoms with E-state index in [1.165, 1.54) is 6.08 Å². The van der Waals surface area contributed by atoms with Gasteiger partial charge in [-0.3, -0.25) is 4.79 Å². The molecule has 0 spiro atoms. The van der Waals surface area contributed by atoms with Gasteiger partial charge in [0.15, 0.2) is 0 Å². The first-order valence-corrected chi connectivity index (χ1v) is 7.38. The summed E-state index contributed by atoms with van der Waals surface area (Å²) in [5.74, 6) is 0.632. The lowest BCUT2D eigenvalue weighted by molar-refractivity contribution is -0.116. The Bertz CT molecular complexity index is 680. The number of benzene rings is 2. The average Bonchev–Trinajstić information content (AvgIpc) is 2.59. The third kappa shape index (κ3) is 5.60. The Morgan fingerprint density at radius 1 is 1.09 bits per heavy atom. The third-order valence-electron chi connectivity index (χ3n) is 3.29. The van der Waals surface area contributed by atoms with Gasteiger partial charge in [0, 0.05) is 19.7 Å². The monoisotopic (exact) mass is 311 g/mol. The van der Waals surface area contributed by atoms with Gasteiger partial charge in [0.2, 0.25) is 5.91 Å². The second-order valence-electron chi connectivity index (χ2n) is 5.08. The van der Waals surface area contributed by atoms with E-state index in [-0.39, 0.29) is 5.91 Å². The molecule has 0 aliphatic heterocycles. The van der Waals surface area contributed by atoms with Gasteiger partial charge in [-0.15, -0.1) is 0 Å². The van der Waals surface area contributed by atoms with Crippen LogP contribution in [0.1, 0.15) is 16.7 Å². The molecule has 4 nitrogen and oxygen atoms in total. The Morgan fingerprint density at radius 3 is 2.65 bits per heavy atom. The molecule has 0 aliphatic rings. The molecule has 23 heavy (non-hydrogen) atoms. The molecule has 2 aromatic rings. The van der Waals surface area contributed by atoms with Crippen LogP contribution in [-0.4, -0.2) is 20.1 Å². The zero-order valence-electron chi connectivity index (χ0n) is 13.4. The van der Waals surface area contributed by atoms with Gasteiger partial charge >= 0.3 is 0 Å². The van der Waals surface area contributed by atoms with Crippen LogP contribution in [0.25, 0.3) is 6.08 Å². The molecule has 2 rings (SSSR count). The Hall–Kier alpha value is -2.59. The highest BCUT2D eigenvalue weighted by molar-refractivity contribution is 5.91. The van der Waals surface area contributed by atoms with Crippen molar-refractivity contribution in [2.24, 2.45) is 0 Å². The van der Waals surface area contributed by atoms with Crippen LogP contribution in [0.4, 0.5) is 0 Å². The van der Waals surface area contributed by atoms with Crippen molar-refractivity contribution in [2.75, 3.05) is 14.2 Å². The molecule has 0 aromatic heterocycles. The van der Waals surface area contributed by atoms with Crippen LogP contribution >= 0.6 is 0 Å². The molecule has 1 amide bonds. The quantitative estimate of drug-likeness (QED) is 0.799. The highest BCUT2D eigenvalue weighted by Gasteiger charge is 1.99. The molecule has 0 unspecified atom stereocenters. The molecule has 0 heterocycles. The molecule has 2 aromatic carbocycles. The Morgan fingerprint density at radius 2 is 1.87 bits per heavy atom. The number of carbonyl (C=O) groups is 1. The lowest BCUT2D eigenvalue weighted by Gasteiger charge is -2.05. The summed E-state index contributed by atoms with van der Waals surface area (Å²) in [6.45, 7) is 1.05. The van der Waals surface area contributed by atoms with Crippen LogP contribution in [0.5, 0.6) is 5.75 Å². The molecule has 0 atom stereocenters. The van der Waals surface area contributed by atoms with E-state index in [1.807, 2.05) is 48.5 Å². The van der Waals surface area contributed by atoms with E-state index in [1.54, 1.807) is 20.3 Å². The van der Waals surface area contributed by atoms with Crippen molar-refractivity contribution in [3.05, 3.63) is 71.3 Å². The molecule has 0 saturated carbocycles. The van der Waals surface area contributed by atoms with Crippen molar-refractivity contribution in [3.63, 3.8) is 0 Å². The molecule has 0 fully saturated rings. The number of carbonyl (C=O) groups excluding carboxylic acids is 1. The number of hydrogen-bond acceptors (Lipinski definition) is 3. The minimum absolute atomic E-state index is 0.134. The minimum atomic E-state index is -0.134. The van der Waals surface area contributed by atoms with Crippen LogP contribution in [0.2, 0.25) is 0 Å². The van der Waals surface area contributed by atoms with Gasteiger partial charge in [-0.05, 0) is 34.9 Å². The van der Waals surface area contributed by atoms with E-state index in [9.17, 15) is 4.79 Å². The van der Waals surface area contributed by atoms with Gasteiger partial charge in [0.25, 0.3) is 0 Å². The summed E-state index contributed by atoms with van der Waals surface area (Å²) in [5, 5.41) is 2.87. The van der Waals surface area contributed by atoms with Crippen LogP contribution in [0, 0.1) is 0 Å². The summed E-state index contributed by atoms with van der Waals surface area (Å²) >= 11 is 0. The van der Waals surface area contributed by atoms with Crippen molar-refractivity contribution in [1.29, 1.82) is 0 Å². The largest absolute Gasteiger partial charge is 0.497 e. The number of rotatable bonds is 7. The van der Waals surface area contributed by atoms with Crippen molar-refractivity contribution >= 4 is 12.0 Å². The van der Waals surface area contributed by atoms with Crippen LogP contribution in [0.15, 0.2) is 54.6 Å². The molecule has 0 bridgehead atoms. The standard InChI is InChI=1S/C19H21NO3/c1-22-14-17-7-3-6-16(11-17)13-20-19(21)10-9-15-5-4-8-18(12-15)23-2/h3-12H,13-14H2,1-2H3,(H,20,21)/b10-9+. The van der Waals surface area contributed by atoms with Gasteiger partial charge in [-0.2, -0.15) is 0 Å². The second kappa shape index (κ2) is 8.76. The predicted molar refractivity (Wildman–Crippen MR) is 91.0 cm³/mol. The van der Waals surface area contributed by atoms with Crippen LogP contribution < -0.4 is 10.1 Å². The molecular formula is C19H21NO3. The summed E-state index contributed by atoms with van der Waals surface area (Å²) in [4.78, 5) is 11.9. The Kier molecular flexibility index (Phi) is 6.39. The molecule has 4 heteroatoms. The molecule has 0 aliphatic carbocycles. The summed E-state index contributed by atoms with van der Waals surface area (Å²) < 4.78 is 10.3. The van der Waals surface area contributed by atoms with Gasteiger partial charge in [-0.1, -0.05) is 36.4 Å². The highest BCUT2D eigenvalue weighted by Crippen LogP contribution is 2.13. The van der Waals surface area contributed by atoms with Crippen molar-refractivity contribution in [3.8, 4) is 5.75 Å². The SMILES string of the molecule is COCc1cccc(CNC(=O)/C=C/c2cccc(OC)c2)c1. The smallest absolute Gasteiger partial charge is 0.244 e. The predicted octanol–water partition coefficient (Wildman–Crippen LogP) is 3.17. The van der Waals surface area contributed by atoms with E-state index in [2.05, 4.69) is 5.32 Å². The summed E-state index contributed by atoms with van der Waals surface area (Å²) in [6.07, 6.45) is 3.28. The zero-order chi connectivity index (χ0) is 16.5. The fraction of sp³-hybridized carbons (Fsp3) is 0.211. The van der Waals surface area contributed by atoms with Gasteiger partial charge in [0.1, 0.15) is 5.75 Å². The first kappa shape index (κ1) is 16.8. The maximum Gasteiger partial charge on any atom is 0.244 e. The number of nitrogens with one attached hydrogen (secondary N) is 1. The Labute approximate surface area is 136 Å². The highest BCUT2D eigenvalue weighted by atomic mass is 16.5. The number of ether oxygens (including phenoxy) is 2. The maximum absolute atomic E-state index is 11.9. The molecule has 1 N–H and O–H groups in total. The maximum atomic E-state index is 11.9. The lowest BCUT2D eigenvalue weighted by Crippen LogP contribution is -2.20. The van der Waals surface area contributed by atoms with E-state index < -0.39 is 0 Å². The molecular weight excluding hydrogens is 290 g/mol. The normalized spacial score (nSPS) is 10.7. The fourth-order valence-corrected chi connectivity index (χ4v) is 2.16. The summed E-state index contributed by atoms with van der Waals surface area (Å²) in [6, 6.07) is 15.5. The van der Waals surface area contributed by atoms with E-state index in [0.717, 1.165) is 22.4 Å². The molecule has 120 valence electrons. The van der Waals surface area contributed by atoms with Crippen LogP contribution in [-0.2, 0) is 22.7 Å². The van der Waals surface area contributed by atoms with E-state index in [4.69, 9.17) is 9.47 Å². The summed E-state index contributed by atoms with van der Waals surface area (Å²) in [5.41, 5.74) is 3.05. The van der Waals surface area contributed by atoms with Crippen molar-refractivity contribution in [1.82, 2.24) is 5.32 Å². The minimum Gasteiger partial charge on any atom is -0.497 e. The second-order valence-corrected chi connectivity index (χ2v) is 5.08.